The maximum Gasteiger partial charge on any atom is 0.416 e. The normalized spacial score (nSPS) is 11.4. The summed E-state index contributed by atoms with van der Waals surface area (Å²) in [6.45, 7) is 0. The Hall–Kier alpha value is -1.88. The fourth-order valence-electron chi connectivity index (χ4n) is 1.74. The highest BCUT2D eigenvalue weighted by Crippen LogP contribution is 2.34. The van der Waals surface area contributed by atoms with Crippen molar-refractivity contribution in [2.75, 3.05) is 0 Å². The van der Waals surface area contributed by atoms with Gasteiger partial charge in [0.2, 0.25) is 0 Å². The van der Waals surface area contributed by atoms with Crippen LogP contribution in [0.5, 0.6) is 0 Å². The van der Waals surface area contributed by atoms with E-state index in [0.29, 0.717) is 6.07 Å². The Kier molecular flexibility index (Phi) is 3.81. The lowest BCUT2D eigenvalue weighted by Crippen LogP contribution is -2.07. The number of halogens is 5. The van der Waals surface area contributed by atoms with E-state index in [1.54, 1.807) is 0 Å². The van der Waals surface area contributed by atoms with Crippen LogP contribution < -0.4 is 0 Å². The molecule has 2 aromatic rings. The fourth-order valence-corrected chi connectivity index (χ4v) is 1.85. The summed E-state index contributed by atoms with van der Waals surface area (Å²) in [5.74, 6) is -0.585. The maximum atomic E-state index is 13.1. The largest absolute Gasteiger partial charge is 0.416 e. The van der Waals surface area contributed by atoms with E-state index in [2.05, 4.69) is 0 Å². The number of carbonyl (C=O) groups is 1. The summed E-state index contributed by atoms with van der Waals surface area (Å²) in [5.41, 5.74) is -0.998. The van der Waals surface area contributed by atoms with E-state index in [1.807, 2.05) is 0 Å². The average Bonchev–Trinajstić information content (AvgIpc) is 2.37. The van der Waals surface area contributed by atoms with Gasteiger partial charge in [-0.05, 0) is 53.1 Å². The second-order valence-electron chi connectivity index (χ2n) is 4.08. The molecule has 0 aliphatic rings. The molecule has 0 aliphatic carbocycles. The van der Waals surface area contributed by atoms with Gasteiger partial charge in [0.05, 0.1) is 5.56 Å². The Morgan fingerprint density at radius 3 is 2.25 bits per heavy atom. The summed E-state index contributed by atoms with van der Waals surface area (Å²) in [6.07, 6.45) is -4.62. The summed E-state index contributed by atoms with van der Waals surface area (Å²) in [4.78, 5) is 11.1. The van der Waals surface area contributed by atoms with Crippen molar-refractivity contribution < 1.29 is 22.4 Å². The monoisotopic (exact) mass is 302 g/mol. The van der Waals surface area contributed by atoms with E-state index < -0.39 is 22.8 Å². The van der Waals surface area contributed by atoms with Gasteiger partial charge in [0.15, 0.2) is 0 Å². The smallest absolute Gasteiger partial charge is 0.276 e. The van der Waals surface area contributed by atoms with Crippen molar-refractivity contribution in [2.45, 2.75) is 6.18 Å². The molecule has 0 bridgehead atoms. The molecule has 0 amide bonds. The van der Waals surface area contributed by atoms with E-state index in [0.717, 1.165) is 12.1 Å². The predicted octanol–water partition coefficient (Wildman–Crippen LogP) is 4.89. The SMILES string of the molecule is O=C(Cl)c1cc(-c2cccc(F)c2)cc(C(F)(F)F)c1. The van der Waals surface area contributed by atoms with E-state index >= 15 is 0 Å². The first kappa shape index (κ1) is 14.5. The third-order valence-electron chi connectivity index (χ3n) is 2.65. The molecule has 0 saturated heterocycles. The van der Waals surface area contributed by atoms with E-state index in [1.165, 1.54) is 24.3 Å². The van der Waals surface area contributed by atoms with Gasteiger partial charge in [0, 0.05) is 5.56 Å². The third kappa shape index (κ3) is 3.17. The fraction of sp³-hybridized carbons (Fsp3) is 0.0714. The number of carbonyl (C=O) groups excluding carboxylic acids is 1. The summed E-state index contributed by atoms with van der Waals surface area (Å²) < 4.78 is 51.5. The summed E-state index contributed by atoms with van der Waals surface area (Å²) in [5, 5.41) is -1.01. The van der Waals surface area contributed by atoms with Crippen LogP contribution in [0.4, 0.5) is 17.6 Å². The number of rotatable bonds is 2. The molecule has 0 fully saturated rings. The van der Waals surface area contributed by atoms with E-state index in [9.17, 15) is 22.4 Å². The number of hydrogen-bond acceptors (Lipinski definition) is 1. The molecule has 0 N–H and O–H groups in total. The molecule has 0 aliphatic heterocycles. The van der Waals surface area contributed by atoms with Gasteiger partial charge in [-0.3, -0.25) is 4.79 Å². The van der Waals surface area contributed by atoms with E-state index in [4.69, 9.17) is 11.6 Å². The van der Waals surface area contributed by atoms with Gasteiger partial charge < -0.3 is 0 Å². The van der Waals surface area contributed by atoms with Crippen molar-refractivity contribution >= 4 is 16.8 Å². The summed E-state index contributed by atoms with van der Waals surface area (Å²) in [7, 11) is 0. The molecular weight excluding hydrogens is 296 g/mol. The highest BCUT2D eigenvalue weighted by Gasteiger charge is 2.31. The highest BCUT2D eigenvalue weighted by atomic mass is 35.5. The second kappa shape index (κ2) is 5.25. The Balaban J connectivity index is 2.64. The van der Waals surface area contributed by atoms with Gasteiger partial charge in [0.25, 0.3) is 5.24 Å². The summed E-state index contributed by atoms with van der Waals surface area (Å²) >= 11 is 5.24. The lowest BCUT2D eigenvalue weighted by Gasteiger charge is -2.11. The zero-order valence-corrected chi connectivity index (χ0v) is 10.6. The number of alkyl halides is 3. The van der Waals surface area contributed by atoms with Crippen LogP contribution in [-0.2, 0) is 6.18 Å². The maximum absolute atomic E-state index is 13.1. The zero-order valence-electron chi connectivity index (χ0n) is 9.84. The van der Waals surface area contributed by atoms with Crippen molar-refractivity contribution in [3.63, 3.8) is 0 Å². The van der Waals surface area contributed by atoms with Crippen molar-refractivity contribution in [1.29, 1.82) is 0 Å². The molecule has 20 heavy (non-hydrogen) atoms. The molecule has 0 aromatic heterocycles. The van der Waals surface area contributed by atoms with Crippen molar-refractivity contribution in [3.05, 3.63) is 59.4 Å². The van der Waals surface area contributed by atoms with Crippen LogP contribution >= 0.6 is 11.6 Å². The van der Waals surface area contributed by atoms with Crippen LogP contribution in [-0.4, -0.2) is 5.24 Å². The number of hydrogen-bond donors (Lipinski definition) is 0. The first-order valence-corrected chi connectivity index (χ1v) is 5.83. The number of benzene rings is 2. The first-order chi connectivity index (χ1) is 9.27. The van der Waals surface area contributed by atoms with Crippen molar-refractivity contribution in [3.8, 4) is 11.1 Å². The van der Waals surface area contributed by atoms with Crippen LogP contribution in [0, 0.1) is 5.82 Å². The molecule has 1 nitrogen and oxygen atoms in total. The summed E-state index contributed by atoms with van der Waals surface area (Å²) in [6, 6.07) is 7.77. The van der Waals surface area contributed by atoms with E-state index in [-0.39, 0.29) is 16.7 Å². The molecule has 0 radical (unpaired) electrons. The lowest BCUT2D eigenvalue weighted by atomic mass is 10.00. The molecule has 2 rings (SSSR count). The van der Waals surface area contributed by atoms with Gasteiger partial charge in [-0.1, -0.05) is 12.1 Å². The molecule has 0 spiro atoms. The Bertz CT molecular complexity index is 664. The molecule has 0 heterocycles. The Morgan fingerprint density at radius 1 is 1.00 bits per heavy atom. The van der Waals surface area contributed by atoms with Crippen LogP contribution in [0.3, 0.4) is 0 Å². The first-order valence-electron chi connectivity index (χ1n) is 5.45. The molecule has 2 aromatic carbocycles. The average molecular weight is 303 g/mol. The minimum atomic E-state index is -4.62. The van der Waals surface area contributed by atoms with Gasteiger partial charge >= 0.3 is 6.18 Å². The third-order valence-corrected chi connectivity index (χ3v) is 2.86. The quantitative estimate of drug-likeness (QED) is 0.570. The van der Waals surface area contributed by atoms with Gasteiger partial charge in [-0.25, -0.2) is 4.39 Å². The minimum absolute atomic E-state index is 0.0725. The van der Waals surface area contributed by atoms with Gasteiger partial charge in [-0.2, -0.15) is 13.2 Å². The molecular formula is C14H7ClF4O. The van der Waals surface area contributed by atoms with Crippen molar-refractivity contribution in [2.24, 2.45) is 0 Å². The molecule has 6 heteroatoms. The Labute approximate surface area is 116 Å². The molecule has 0 unspecified atom stereocenters. The van der Waals surface area contributed by atoms with Crippen LogP contribution in [0.25, 0.3) is 11.1 Å². The molecule has 0 saturated carbocycles. The van der Waals surface area contributed by atoms with Gasteiger partial charge in [0.1, 0.15) is 5.82 Å². The minimum Gasteiger partial charge on any atom is -0.276 e. The van der Waals surface area contributed by atoms with Crippen LogP contribution in [0.15, 0.2) is 42.5 Å². The van der Waals surface area contributed by atoms with Crippen molar-refractivity contribution in [1.82, 2.24) is 0 Å². The topological polar surface area (TPSA) is 17.1 Å². The lowest BCUT2D eigenvalue weighted by molar-refractivity contribution is -0.137. The zero-order chi connectivity index (χ0) is 14.9. The standard InChI is InChI=1S/C14H7ClF4O/c15-13(20)10-4-9(5-11(6-10)14(17,18)19)8-2-1-3-12(16)7-8/h1-7H. The predicted molar refractivity (Wildman–Crippen MR) is 67.0 cm³/mol. The second-order valence-corrected chi connectivity index (χ2v) is 4.42. The van der Waals surface area contributed by atoms with Crippen LogP contribution in [0.1, 0.15) is 15.9 Å². The highest BCUT2D eigenvalue weighted by molar-refractivity contribution is 6.67. The van der Waals surface area contributed by atoms with Gasteiger partial charge in [-0.15, -0.1) is 0 Å². The Morgan fingerprint density at radius 2 is 1.70 bits per heavy atom. The van der Waals surface area contributed by atoms with Crippen LogP contribution in [0.2, 0.25) is 0 Å². The molecule has 0 atom stereocenters. The molecule has 104 valence electrons.